The highest BCUT2D eigenvalue weighted by molar-refractivity contribution is 5.80. The Morgan fingerprint density at radius 2 is 2.25 bits per heavy atom. The number of oxazole rings is 1. The summed E-state index contributed by atoms with van der Waals surface area (Å²) < 4.78 is 10.6. The van der Waals surface area contributed by atoms with E-state index in [-0.39, 0.29) is 12.0 Å². The van der Waals surface area contributed by atoms with Crippen molar-refractivity contribution in [2.45, 2.75) is 13.0 Å². The molecule has 1 aromatic carbocycles. The van der Waals surface area contributed by atoms with E-state index in [1.165, 1.54) is 0 Å². The fourth-order valence-corrected chi connectivity index (χ4v) is 1.31. The second-order valence-corrected chi connectivity index (χ2v) is 3.32. The molecule has 5 heteroatoms. The number of fused-ring (bicyclic) bond motifs is 1. The van der Waals surface area contributed by atoms with E-state index >= 15 is 0 Å². The molecule has 1 atom stereocenters. The molecule has 5 nitrogen and oxygen atoms in total. The zero-order valence-electron chi connectivity index (χ0n) is 9.06. The van der Waals surface area contributed by atoms with E-state index < -0.39 is 6.10 Å². The van der Waals surface area contributed by atoms with Crippen LogP contribution in [0.25, 0.3) is 11.1 Å². The second-order valence-electron chi connectivity index (χ2n) is 3.32. The smallest absolute Gasteiger partial charge is 0.395 e. The molecule has 16 heavy (non-hydrogen) atoms. The molecule has 1 N–H and O–H groups in total. The number of aromatic nitrogens is 1. The number of hydrogen-bond acceptors (Lipinski definition) is 4. The summed E-state index contributed by atoms with van der Waals surface area (Å²) in [4.78, 5) is 15.3. The molecule has 1 aromatic heterocycles. The van der Waals surface area contributed by atoms with Crippen molar-refractivity contribution in [1.82, 2.24) is 10.3 Å². The van der Waals surface area contributed by atoms with Crippen LogP contribution in [0.2, 0.25) is 0 Å². The van der Waals surface area contributed by atoms with E-state index in [4.69, 9.17) is 9.15 Å². The van der Waals surface area contributed by atoms with Gasteiger partial charge in [-0.15, -0.1) is 0 Å². The van der Waals surface area contributed by atoms with Gasteiger partial charge in [-0.3, -0.25) is 4.79 Å². The minimum absolute atomic E-state index is 0.109. The third kappa shape index (κ3) is 1.98. The Bertz CT molecular complexity index is 474. The average molecular weight is 220 g/mol. The molecule has 1 unspecified atom stereocenters. The zero-order valence-corrected chi connectivity index (χ0v) is 9.06. The van der Waals surface area contributed by atoms with Gasteiger partial charge < -0.3 is 14.5 Å². The summed E-state index contributed by atoms with van der Waals surface area (Å²) in [5, 5.41) is 2.49. The monoisotopic (exact) mass is 220 g/mol. The summed E-state index contributed by atoms with van der Waals surface area (Å²) in [6.07, 6.45) is -0.518. The van der Waals surface area contributed by atoms with Crippen LogP contribution in [-0.2, 0) is 4.79 Å². The van der Waals surface area contributed by atoms with Gasteiger partial charge in [0.2, 0.25) is 0 Å². The SMILES string of the molecule is CNC(=O)C(C)Oc1nc2ccccc2o1. The quantitative estimate of drug-likeness (QED) is 0.847. The molecule has 0 radical (unpaired) electrons. The number of para-hydroxylation sites is 2. The Balaban J connectivity index is 2.18. The maximum Gasteiger partial charge on any atom is 0.395 e. The standard InChI is InChI=1S/C11H12N2O3/c1-7(10(14)12-2)15-11-13-8-5-3-4-6-9(8)16-11/h3-7H,1-2H3,(H,12,14). The highest BCUT2D eigenvalue weighted by Gasteiger charge is 2.16. The first kappa shape index (κ1) is 10.5. The number of carbonyl (C=O) groups excluding carboxylic acids is 1. The molecule has 2 aromatic rings. The summed E-state index contributed by atoms with van der Waals surface area (Å²) in [6, 6.07) is 7.31. The average Bonchev–Trinajstić information content (AvgIpc) is 2.69. The molecule has 84 valence electrons. The topological polar surface area (TPSA) is 64.4 Å². The van der Waals surface area contributed by atoms with Gasteiger partial charge in [-0.25, -0.2) is 0 Å². The first-order valence-electron chi connectivity index (χ1n) is 4.94. The maximum absolute atomic E-state index is 11.2. The van der Waals surface area contributed by atoms with Crippen LogP contribution in [0.1, 0.15) is 6.92 Å². The number of carbonyl (C=O) groups is 1. The van der Waals surface area contributed by atoms with Crippen molar-refractivity contribution in [3.05, 3.63) is 24.3 Å². The molecule has 1 amide bonds. The number of rotatable bonds is 3. The molecule has 0 spiro atoms. The largest absolute Gasteiger partial charge is 0.437 e. The Hall–Kier alpha value is -2.04. The van der Waals surface area contributed by atoms with E-state index in [0.717, 1.165) is 0 Å². The summed E-state index contributed by atoms with van der Waals surface area (Å²) >= 11 is 0. The number of hydrogen-bond donors (Lipinski definition) is 1. The van der Waals surface area contributed by atoms with Crippen molar-refractivity contribution in [2.24, 2.45) is 0 Å². The number of nitrogens with zero attached hydrogens (tertiary/aromatic N) is 1. The van der Waals surface area contributed by atoms with Gasteiger partial charge in [-0.05, 0) is 19.1 Å². The molecule has 2 rings (SSSR count). The third-order valence-electron chi connectivity index (χ3n) is 2.17. The van der Waals surface area contributed by atoms with Gasteiger partial charge in [0, 0.05) is 7.05 Å². The fourth-order valence-electron chi connectivity index (χ4n) is 1.31. The fraction of sp³-hybridized carbons (Fsp3) is 0.273. The molecule has 0 fully saturated rings. The van der Waals surface area contributed by atoms with Crippen LogP contribution in [0.5, 0.6) is 6.08 Å². The highest BCUT2D eigenvalue weighted by atomic mass is 16.6. The van der Waals surface area contributed by atoms with Crippen molar-refractivity contribution in [1.29, 1.82) is 0 Å². The van der Waals surface area contributed by atoms with Crippen molar-refractivity contribution in [3.8, 4) is 6.08 Å². The van der Waals surface area contributed by atoms with Gasteiger partial charge in [0.25, 0.3) is 5.91 Å². The zero-order chi connectivity index (χ0) is 11.5. The molecule has 1 heterocycles. The highest BCUT2D eigenvalue weighted by Crippen LogP contribution is 2.20. The molecular weight excluding hydrogens is 208 g/mol. The van der Waals surface area contributed by atoms with Gasteiger partial charge in [0.05, 0.1) is 0 Å². The molecule has 0 aliphatic rings. The number of nitrogens with one attached hydrogen (secondary N) is 1. The lowest BCUT2D eigenvalue weighted by atomic mass is 10.3. The summed E-state index contributed by atoms with van der Waals surface area (Å²) in [6.45, 7) is 1.63. The normalized spacial score (nSPS) is 12.4. The molecule has 0 saturated carbocycles. The molecule has 0 aliphatic carbocycles. The summed E-state index contributed by atoms with van der Waals surface area (Å²) in [7, 11) is 1.55. The Kier molecular flexibility index (Phi) is 2.76. The van der Waals surface area contributed by atoms with E-state index in [0.29, 0.717) is 11.1 Å². The van der Waals surface area contributed by atoms with Crippen molar-refractivity contribution >= 4 is 17.0 Å². The number of likely N-dealkylation sites (N-methyl/N-ethyl adjacent to an activating group) is 1. The van der Waals surface area contributed by atoms with Gasteiger partial charge in [-0.1, -0.05) is 12.1 Å². The number of amides is 1. The van der Waals surface area contributed by atoms with Crippen LogP contribution in [0.3, 0.4) is 0 Å². The van der Waals surface area contributed by atoms with Crippen molar-refractivity contribution < 1.29 is 13.9 Å². The maximum atomic E-state index is 11.2. The van der Waals surface area contributed by atoms with Crippen molar-refractivity contribution in [3.63, 3.8) is 0 Å². The molecule has 0 bridgehead atoms. The van der Waals surface area contributed by atoms with Crippen LogP contribution >= 0.6 is 0 Å². The first-order chi connectivity index (χ1) is 7.70. The van der Waals surface area contributed by atoms with E-state index in [1.807, 2.05) is 18.2 Å². The lowest BCUT2D eigenvalue weighted by Crippen LogP contribution is -2.33. The molecular formula is C11H12N2O3. The Labute approximate surface area is 92.4 Å². The van der Waals surface area contributed by atoms with Crippen LogP contribution in [0.15, 0.2) is 28.7 Å². The van der Waals surface area contributed by atoms with Gasteiger partial charge in [0.1, 0.15) is 5.52 Å². The minimum atomic E-state index is -0.627. The number of benzene rings is 1. The third-order valence-corrected chi connectivity index (χ3v) is 2.17. The van der Waals surface area contributed by atoms with Crippen LogP contribution < -0.4 is 10.1 Å². The Morgan fingerprint density at radius 3 is 2.94 bits per heavy atom. The van der Waals surface area contributed by atoms with E-state index in [9.17, 15) is 4.79 Å². The second kappa shape index (κ2) is 4.22. The number of ether oxygens (including phenoxy) is 1. The van der Waals surface area contributed by atoms with E-state index in [1.54, 1.807) is 20.0 Å². The predicted octanol–water partition coefficient (Wildman–Crippen LogP) is 1.34. The lowest BCUT2D eigenvalue weighted by molar-refractivity contribution is -0.127. The van der Waals surface area contributed by atoms with Crippen LogP contribution in [0.4, 0.5) is 0 Å². The predicted molar refractivity (Wildman–Crippen MR) is 58.2 cm³/mol. The first-order valence-corrected chi connectivity index (χ1v) is 4.94. The van der Waals surface area contributed by atoms with Gasteiger partial charge in [0.15, 0.2) is 11.7 Å². The molecule has 0 saturated heterocycles. The van der Waals surface area contributed by atoms with Crippen LogP contribution in [-0.4, -0.2) is 24.0 Å². The van der Waals surface area contributed by atoms with Gasteiger partial charge >= 0.3 is 6.08 Å². The van der Waals surface area contributed by atoms with Crippen molar-refractivity contribution in [2.75, 3.05) is 7.05 Å². The molecule has 0 aliphatic heterocycles. The van der Waals surface area contributed by atoms with E-state index in [2.05, 4.69) is 10.3 Å². The minimum Gasteiger partial charge on any atom is -0.437 e. The van der Waals surface area contributed by atoms with Gasteiger partial charge in [-0.2, -0.15) is 4.98 Å². The lowest BCUT2D eigenvalue weighted by Gasteiger charge is -2.08. The van der Waals surface area contributed by atoms with Crippen LogP contribution in [0, 0.1) is 0 Å². The summed E-state index contributed by atoms with van der Waals surface area (Å²) in [5.41, 5.74) is 1.35. The summed E-state index contributed by atoms with van der Waals surface area (Å²) in [5.74, 6) is -0.220. The Morgan fingerprint density at radius 1 is 1.50 bits per heavy atom.